The molecule has 2 aromatic carbocycles. The molecule has 0 saturated heterocycles. The van der Waals surface area contributed by atoms with Gasteiger partial charge in [0.2, 0.25) is 0 Å². The summed E-state index contributed by atoms with van der Waals surface area (Å²) < 4.78 is 10.4. The Hall–Kier alpha value is -2.49. The number of amides is 1. The zero-order chi connectivity index (χ0) is 14.5. The van der Waals surface area contributed by atoms with Gasteiger partial charge in [0.05, 0.1) is 19.8 Å². The van der Waals surface area contributed by atoms with Crippen LogP contribution in [0.15, 0.2) is 42.5 Å². The second-order valence-electron chi connectivity index (χ2n) is 4.34. The van der Waals surface area contributed by atoms with Crippen LogP contribution in [0.4, 0.5) is 5.69 Å². The lowest BCUT2D eigenvalue weighted by Crippen LogP contribution is -2.14. The molecule has 0 fully saturated rings. The Labute approximate surface area is 118 Å². The van der Waals surface area contributed by atoms with E-state index in [0.29, 0.717) is 17.1 Å². The summed E-state index contributed by atoms with van der Waals surface area (Å²) in [5.74, 6) is 0.896. The fraction of sp³-hybridized carbons (Fsp3) is 0.188. The molecule has 1 amide bonds. The van der Waals surface area contributed by atoms with E-state index < -0.39 is 0 Å². The maximum Gasteiger partial charge on any atom is 0.259 e. The number of methoxy groups -OCH3 is 2. The highest BCUT2D eigenvalue weighted by molar-refractivity contribution is 6.06. The predicted octanol–water partition coefficient (Wildman–Crippen LogP) is 3.26. The minimum atomic E-state index is -0.227. The summed E-state index contributed by atoms with van der Waals surface area (Å²) in [7, 11) is 3.09. The fourth-order valence-electron chi connectivity index (χ4n) is 1.89. The Morgan fingerprint density at radius 3 is 2.45 bits per heavy atom. The van der Waals surface area contributed by atoms with Crippen LogP contribution in [0.2, 0.25) is 0 Å². The van der Waals surface area contributed by atoms with E-state index in [9.17, 15) is 4.79 Å². The van der Waals surface area contributed by atoms with Crippen molar-refractivity contribution in [3.05, 3.63) is 53.6 Å². The van der Waals surface area contributed by atoms with E-state index in [0.717, 1.165) is 11.3 Å². The van der Waals surface area contributed by atoms with Crippen molar-refractivity contribution in [1.82, 2.24) is 0 Å². The number of hydrogen-bond donors (Lipinski definition) is 1. The SMILES string of the molecule is COc1ccc(OC)c(C(=O)Nc2ccccc2C)c1. The summed E-state index contributed by atoms with van der Waals surface area (Å²) >= 11 is 0. The molecule has 0 unspecified atom stereocenters. The van der Waals surface area contributed by atoms with Gasteiger partial charge in [0, 0.05) is 5.69 Å². The molecule has 4 heteroatoms. The number of ether oxygens (including phenoxy) is 2. The smallest absolute Gasteiger partial charge is 0.259 e. The minimum Gasteiger partial charge on any atom is -0.497 e. The molecule has 0 heterocycles. The van der Waals surface area contributed by atoms with E-state index in [-0.39, 0.29) is 5.91 Å². The fourth-order valence-corrected chi connectivity index (χ4v) is 1.89. The van der Waals surface area contributed by atoms with Crippen LogP contribution in [-0.4, -0.2) is 20.1 Å². The number of rotatable bonds is 4. The molecule has 2 rings (SSSR count). The van der Waals surface area contributed by atoms with E-state index in [2.05, 4.69) is 5.32 Å². The van der Waals surface area contributed by atoms with Crippen molar-refractivity contribution >= 4 is 11.6 Å². The molecule has 1 N–H and O–H groups in total. The van der Waals surface area contributed by atoms with Gasteiger partial charge in [0.25, 0.3) is 5.91 Å². The van der Waals surface area contributed by atoms with Crippen LogP contribution in [0.5, 0.6) is 11.5 Å². The van der Waals surface area contributed by atoms with Gasteiger partial charge in [-0.25, -0.2) is 0 Å². The Bertz CT molecular complexity index is 623. The lowest BCUT2D eigenvalue weighted by Gasteiger charge is -2.12. The molecule has 0 saturated carbocycles. The monoisotopic (exact) mass is 271 g/mol. The van der Waals surface area contributed by atoms with Gasteiger partial charge in [-0.1, -0.05) is 18.2 Å². The Morgan fingerprint density at radius 1 is 1.05 bits per heavy atom. The first-order chi connectivity index (χ1) is 9.65. The number of anilines is 1. The second-order valence-corrected chi connectivity index (χ2v) is 4.34. The number of carbonyl (C=O) groups is 1. The maximum atomic E-state index is 12.4. The summed E-state index contributed by atoms with van der Waals surface area (Å²) in [5.41, 5.74) is 2.22. The van der Waals surface area contributed by atoms with Gasteiger partial charge >= 0.3 is 0 Å². The molecule has 0 radical (unpaired) electrons. The molecule has 2 aromatic rings. The molecule has 0 spiro atoms. The second kappa shape index (κ2) is 6.10. The molecule has 0 aliphatic heterocycles. The van der Waals surface area contributed by atoms with Crippen molar-refractivity contribution in [1.29, 1.82) is 0 Å². The third kappa shape index (κ3) is 2.91. The highest BCUT2D eigenvalue weighted by atomic mass is 16.5. The topological polar surface area (TPSA) is 47.6 Å². The van der Waals surface area contributed by atoms with Crippen LogP contribution in [0.3, 0.4) is 0 Å². The average Bonchev–Trinajstić information content (AvgIpc) is 2.48. The number of hydrogen-bond acceptors (Lipinski definition) is 3. The van der Waals surface area contributed by atoms with Gasteiger partial charge in [-0.15, -0.1) is 0 Å². The van der Waals surface area contributed by atoms with Gasteiger partial charge in [0.1, 0.15) is 11.5 Å². The van der Waals surface area contributed by atoms with Gasteiger partial charge in [-0.2, -0.15) is 0 Å². The van der Waals surface area contributed by atoms with Crippen molar-refractivity contribution in [2.45, 2.75) is 6.92 Å². The molecule has 0 aromatic heterocycles. The number of para-hydroxylation sites is 1. The zero-order valence-corrected chi connectivity index (χ0v) is 11.8. The number of carbonyl (C=O) groups excluding carboxylic acids is 1. The molecular weight excluding hydrogens is 254 g/mol. The Balaban J connectivity index is 2.31. The molecule has 0 atom stereocenters. The van der Waals surface area contributed by atoms with Gasteiger partial charge in [0.15, 0.2) is 0 Å². The van der Waals surface area contributed by atoms with Gasteiger partial charge < -0.3 is 14.8 Å². The quantitative estimate of drug-likeness (QED) is 0.928. The van der Waals surface area contributed by atoms with Crippen molar-refractivity contribution in [3.8, 4) is 11.5 Å². The Morgan fingerprint density at radius 2 is 1.80 bits per heavy atom. The molecule has 20 heavy (non-hydrogen) atoms. The van der Waals surface area contributed by atoms with E-state index >= 15 is 0 Å². The summed E-state index contributed by atoms with van der Waals surface area (Å²) in [4.78, 5) is 12.4. The van der Waals surface area contributed by atoms with Crippen LogP contribution in [0.25, 0.3) is 0 Å². The molecule has 0 aliphatic carbocycles. The molecular formula is C16H17NO3. The largest absolute Gasteiger partial charge is 0.497 e. The van der Waals surface area contributed by atoms with Gasteiger partial charge in [-0.05, 0) is 36.8 Å². The first kappa shape index (κ1) is 13.9. The predicted molar refractivity (Wildman–Crippen MR) is 78.7 cm³/mol. The van der Waals surface area contributed by atoms with Crippen molar-refractivity contribution in [2.75, 3.05) is 19.5 Å². The number of aryl methyl sites for hydroxylation is 1. The van der Waals surface area contributed by atoms with Crippen LogP contribution in [-0.2, 0) is 0 Å². The van der Waals surface area contributed by atoms with Crippen molar-refractivity contribution in [3.63, 3.8) is 0 Å². The van der Waals surface area contributed by atoms with E-state index in [1.807, 2.05) is 31.2 Å². The van der Waals surface area contributed by atoms with Crippen LogP contribution in [0.1, 0.15) is 15.9 Å². The number of nitrogens with one attached hydrogen (secondary N) is 1. The lowest BCUT2D eigenvalue weighted by molar-refractivity contribution is 0.102. The minimum absolute atomic E-state index is 0.227. The number of benzene rings is 2. The maximum absolute atomic E-state index is 12.4. The molecule has 4 nitrogen and oxygen atoms in total. The third-order valence-electron chi connectivity index (χ3n) is 3.04. The summed E-state index contributed by atoms with van der Waals surface area (Å²) in [6.45, 7) is 1.94. The third-order valence-corrected chi connectivity index (χ3v) is 3.04. The molecule has 104 valence electrons. The van der Waals surface area contributed by atoms with Crippen molar-refractivity contribution < 1.29 is 14.3 Å². The van der Waals surface area contributed by atoms with Gasteiger partial charge in [-0.3, -0.25) is 4.79 Å². The van der Waals surface area contributed by atoms with E-state index in [1.54, 1.807) is 25.3 Å². The summed E-state index contributed by atoms with van der Waals surface area (Å²) in [6, 6.07) is 12.7. The van der Waals surface area contributed by atoms with Crippen LogP contribution in [0, 0.1) is 6.92 Å². The van der Waals surface area contributed by atoms with Crippen LogP contribution < -0.4 is 14.8 Å². The van der Waals surface area contributed by atoms with Crippen molar-refractivity contribution in [2.24, 2.45) is 0 Å². The molecule has 0 bridgehead atoms. The Kier molecular flexibility index (Phi) is 4.25. The lowest BCUT2D eigenvalue weighted by atomic mass is 10.1. The average molecular weight is 271 g/mol. The van der Waals surface area contributed by atoms with E-state index in [4.69, 9.17) is 9.47 Å². The standard InChI is InChI=1S/C16H17NO3/c1-11-6-4-5-7-14(11)17-16(18)13-10-12(19-2)8-9-15(13)20-3/h4-10H,1-3H3,(H,17,18). The summed E-state index contributed by atoms with van der Waals surface area (Å²) in [6.07, 6.45) is 0. The van der Waals surface area contributed by atoms with Crippen LogP contribution >= 0.6 is 0 Å². The highest BCUT2D eigenvalue weighted by Crippen LogP contribution is 2.25. The zero-order valence-electron chi connectivity index (χ0n) is 11.8. The van der Waals surface area contributed by atoms with E-state index in [1.165, 1.54) is 7.11 Å². The molecule has 0 aliphatic rings. The highest BCUT2D eigenvalue weighted by Gasteiger charge is 2.14. The summed E-state index contributed by atoms with van der Waals surface area (Å²) in [5, 5.41) is 2.88. The first-order valence-corrected chi connectivity index (χ1v) is 6.24. The first-order valence-electron chi connectivity index (χ1n) is 6.24. The normalized spacial score (nSPS) is 9.95.